The average molecular weight is 382 g/mol. The van der Waals surface area contributed by atoms with Gasteiger partial charge in [-0.15, -0.1) is 0 Å². The fraction of sp³-hybridized carbons (Fsp3) is 0.200. The lowest BCUT2D eigenvalue weighted by Gasteiger charge is -2.09. The van der Waals surface area contributed by atoms with Gasteiger partial charge in [-0.1, -0.05) is 6.07 Å². The zero-order valence-corrected chi connectivity index (χ0v) is 15.4. The third-order valence-electron chi connectivity index (χ3n) is 4.32. The molecule has 144 valence electrons. The van der Waals surface area contributed by atoms with Gasteiger partial charge in [0.25, 0.3) is 5.91 Å². The quantitative estimate of drug-likeness (QED) is 0.700. The minimum absolute atomic E-state index is 0.188. The number of methoxy groups -OCH3 is 2. The molecule has 2 heterocycles. The second-order valence-electron chi connectivity index (χ2n) is 5.97. The van der Waals surface area contributed by atoms with E-state index in [1.807, 2.05) is 18.2 Å². The minimum atomic E-state index is -0.351. The molecule has 4 rings (SSSR count). The van der Waals surface area contributed by atoms with Crippen LogP contribution in [0.3, 0.4) is 0 Å². The van der Waals surface area contributed by atoms with Crippen molar-refractivity contribution < 1.29 is 28.2 Å². The molecular formula is C20H18N2O6. The summed E-state index contributed by atoms with van der Waals surface area (Å²) in [6.45, 7) is 0.520. The molecule has 1 aliphatic heterocycles. The van der Waals surface area contributed by atoms with Crippen molar-refractivity contribution in [3.05, 3.63) is 54.0 Å². The van der Waals surface area contributed by atoms with Crippen LogP contribution in [0.4, 0.5) is 0 Å². The van der Waals surface area contributed by atoms with E-state index in [0.29, 0.717) is 40.9 Å². The second-order valence-corrected chi connectivity index (χ2v) is 5.97. The summed E-state index contributed by atoms with van der Waals surface area (Å²) in [5.41, 5.74) is 1.73. The van der Waals surface area contributed by atoms with E-state index in [2.05, 4.69) is 10.3 Å². The molecule has 1 aliphatic rings. The lowest BCUT2D eigenvalue weighted by Crippen LogP contribution is -2.23. The highest BCUT2D eigenvalue weighted by Crippen LogP contribution is 2.34. The lowest BCUT2D eigenvalue weighted by molar-refractivity contribution is 0.0946. The van der Waals surface area contributed by atoms with E-state index in [-0.39, 0.29) is 18.4 Å². The van der Waals surface area contributed by atoms with Crippen LogP contribution in [0.1, 0.15) is 16.1 Å². The number of carbonyl (C=O) groups excluding carboxylic acids is 1. The molecule has 3 aromatic rings. The fourth-order valence-corrected chi connectivity index (χ4v) is 2.91. The Labute approximate surface area is 161 Å². The summed E-state index contributed by atoms with van der Waals surface area (Å²) in [7, 11) is 3.10. The number of aromatic nitrogens is 1. The molecule has 8 heteroatoms. The molecule has 0 unspecified atom stereocenters. The van der Waals surface area contributed by atoms with Gasteiger partial charge in [-0.25, -0.2) is 4.98 Å². The van der Waals surface area contributed by atoms with Gasteiger partial charge < -0.3 is 28.7 Å². The van der Waals surface area contributed by atoms with Crippen LogP contribution in [0.25, 0.3) is 11.3 Å². The molecule has 0 fully saturated rings. The normalized spacial score (nSPS) is 11.9. The lowest BCUT2D eigenvalue weighted by atomic mass is 10.1. The van der Waals surface area contributed by atoms with Crippen molar-refractivity contribution in [1.29, 1.82) is 0 Å². The maximum absolute atomic E-state index is 12.6. The van der Waals surface area contributed by atoms with Crippen LogP contribution in [-0.2, 0) is 6.54 Å². The molecule has 0 saturated heterocycles. The Bertz CT molecular complexity index is 1010. The van der Waals surface area contributed by atoms with Gasteiger partial charge in [0, 0.05) is 12.1 Å². The number of fused-ring (bicyclic) bond motifs is 1. The van der Waals surface area contributed by atoms with Crippen LogP contribution in [-0.4, -0.2) is 31.9 Å². The summed E-state index contributed by atoms with van der Waals surface area (Å²) in [5.74, 6) is 2.48. The second kappa shape index (κ2) is 7.51. The van der Waals surface area contributed by atoms with Gasteiger partial charge in [0.2, 0.25) is 6.79 Å². The summed E-state index contributed by atoms with van der Waals surface area (Å²) in [4.78, 5) is 16.7. The molecule has 8 nitrogen and oxygen atoms in total. The standard InChI is InChI=1S/C20H18N2O6/c1-24-14-6-4-13(8-16(14)25-2)19-18(22-10-26-19)20(23)21-9-12-3-5-15-17(7-12)28-11-27-15/h3-8,10H,9,11H2,1-2H3,(H,21,23). The van der Waals surface area contributed by atoms with E-state index in [4.69, 9.17) is 23.4 Å². The van der Waals surface area contributed by atoms with Crippen LogP contribution in [0, 0.1) is 0 Å². The fourth-order valence-electron chi connectivity index (χ4n) is 2.91. The molecule has 1 aromatic heterocycles. The van der Waals surface area contributed by atoms with Crippen molar-refractivity contribution >= 4 is 5.91 Å². The smallest absolute Gasteiger partial charge is 0.274 e. The third-order valence-corrected chi connectivity index (χ3v) is 4.32. The maximum Gasteiger partial charge on any atom is 0.274 e. The Kier molecular flexibility index (Phi) is 4.76. The predicted octanol–water partition coefficient (Wildman–Crippen LogP) is 3.02. The number of hydrogen-bond donors (Lipinski definition) is 1. The topological polar surface area (TPSA) is 92.1 Å². The Hall–Kier alpha value is -3.68. The summed E-state index contributed by atoms with van der Waals surface area (Å²) in [6, 6.07) is 10.8. The van der Waals surface area contributed by atoms with Gasteiger partial charge in [0.1, 0.15) is 0 Å². The number of nitrogens with one attached hydrogen (secondary N) is 1. The van der Waals surface area contributed by atoms with Gasteiger partial charge in [-0.05, 0) is 35.9 Å². The largest absolute Gasteiger partial charge is 0.493 e. The van der Waals surface area contributed by atoms with Crippen LogP contribution >= 0.6 is 0 Å². The zero-order chi connectivity index (χ0) is 19.5. The molecule has 1 N–H and O–H groups in total. The molecule has 1 amide bonds. The predicted molar refractivity (Wildman–Crippen MR) is 98.8 cm³/mol. The van der Waals surface area contributed by atoms with Crippen molar-refractivity contribution in [3.63, 3.8) is 0 Å². The highest BCUT2D eigenvalue weighted by atomic mass is 16.7. The summed E-state index contributed by atoms with van der Waals surface area (Å²) in [5, 5.41) is 2.84. The minimum Gasteiger partial charge on any atom is -0.493 e. The van der Waals surface area contributed by atoms with E-state index < -0.39 is 0 Å². The SMILES string of the molecule is COc1ccc(-c2ocnc2C(=O)NCc2ccc3c(c2)OCO3)cc1OC. The van der Waals surface area contributed by atoms with Crippen LogP contribution in [0.5, 0.6) is 23.0 Å². The van der Waals surface area contributed by atoms with E-state index in [1.165, 1.54) is 6.39 Å². The number of amides is 1. The number of benzene rings is 2. The first-order chi connectivity index (χ1) is 13.7. The maximum atomic E-state index is 12.6. The van der Waals surface area contributed by atoms with Gasteiger partial charge >= 0.3 is 0 Å². The van der Waals surface area contributed by atoms with Gasteiger partial charge in [-0.2, -0.15) is 0 Å². The average Bonchev–Trinajstić information content (AvgIpc) is 3.40. The van der Waals surface area contributed by atoms with Crippen LogP contribution in [0.2, 0.25) is 0 Å². The van der Waals surface area contributed by atoms with Crippen molar-refractivity contribution in [2.24, 2.45) is 0 Å². The summed E-state index contributed by atoms with van der Waals surface area (Å²) >= 11 is 0. The summed E-state index contributed by atoms with van der Waals surface area (Å²) < 4.78 is 26.6. The monoisotopic (exact) mass is 382 g/mol. The van der Waals surface area contributed by atoms with Crippen LogP contribution in [0.15, 0.2) is 47.2 Å². The van der Waals surface area contributed by atoms with Crippen LogP contribution < -0.4 is 24.3 Å². The Morgan fingerprint density at radius 2 is 1.89 bits per heavy atom. The Balaban J connectivity index is 1.51. The number of hydrogen-bond acceptors (Lipinski definition) is 7. The van der Waals surface area contributed by atoms with E-state index in [1.54, 1.807) is 32.4 Å². The molecular weight excluding hydrogens is 364 g/mol. The van der Waals surface area contributed by atoms with Gasteiger partial charge in [-0.3, -0.25) is 4.79 Å². The number of rotatable bonds is 6. The van der Waals surface area contributed by atoms with E-state index in [9.17, 15) is 4.79 Å². The molecule has 0 saturated carbocycles. The van der Waals surface area contributed by atoms with Gasteiger partial charge in [0.15, 0.2) is 40.8 Å². The molecule has 0 bridgehead atoms. The Morgan fingerprint density at radius 1 is 1.07 bits per heavy atom. The number of carbonyl (C=O) groups is 1. The highest BCUT2D eigenvalue weighted by Gasteiger charge is 2.20. The molecule has 0 aliphatic carbocycles. The zero-order valence-electron chi connectivity index (χ0n) is 15.4. The first-order valence-corrected chi connectivity index (χ1v) is 8.52. The Morgan fingerprint density at radius 3 is 2.71 bits per heavy atom. The number of ether oxygens (including phenoxy) is 4. The highest BCUT2D eigenvalue weighted by molar-refractivity contribution is 5.97. The van der Waals surface area contributed by atoms with Crippen molar-refractivity contribution in [3.8, 4) is 34.3 Å². The number of nitrogens with zero attached hydrogens (tertiary/aromatic N) is 1. The number of oxazole rings is 1. The van der Waals surface area contributed by atoms with Crippen molar-refractivity contribution in [2.75, 3.05) is 21.0 Å². The molecule has 0 radical (unpaired) electrons. The molecule has 0 atom stereocenters. The third kappa shape index (κ3) is 3.32. The summed E-state index contributed by atoms with van der Waals surface area (Å²) in [6.07, 6.45) is 1.24. The first kappa shape index (κ1) is 17.7. The van der Waals surface area contributed by atoms with Crippen molar-refractivity contribution in [2.45, 2.75) is 6.54 Å². The van der Waals surface area contributed by atoms with Crippen molar-refractivity contribution in [1.82, 2.24) is 10.3 Å². The molecule has 0 spiro atoms. The van der Waals surface area contributed by atoms with E-state index >= 15 is 0 Å². The van der Waals surface area contributed by atoms with E-state index in [0.717, 1.165) is 5.56 Å². The first-order valence-electron chi connectivity index (χ1n) is 8.52. The molecule has 2 aromatic carbocycles. The van der Waals surface area contributed by atoms with Gasteiger partial charge in [0.05, 0.1) is 14.2 Å². The molecule has 28 heavy (non-hydrogen) atoms.